The highest BCUT2D eigenvalue weighted by atomic mass is 35.5. The van der Waals surface area contributed by atoms with Gasteiger partial charge in [-0.3, -0.25) is 4.79 Å². The van der Waals surface area contributed by atoms with Crippen molar-refractivity contribution in [3.8, 4) is 5.75 Å². The first-order valence-electron chi connectivity index (χ1n) is 11.4. The summed E-state index contributed by atoms with van der Waals surface area (Å²) in [4.78, 5) is 19.6. The highest BCUT2D eigenvalue weighted by Gasteiger charge is 2.45. The summed E-state index contributed by atoms with van der Waals surface area (Å²) in [5.74, 6) is 1.69. The summed E-state index contributed by atoms with van der Waals surface area (Å²) in [7, 11) is 0. The standard InChI is InChI=1S/C26H28ClN3O3/c1-19-28-11-13-29(19)16-20-6-4-7-21(14-20)25(31)30-12-5-10-26(18-30)15-22(17-32-26)33-24-9-3-2-8-23(24)27/h2-4,6-9,11,13-14,22H,5,10,12,15-18H2,1H3/t22-,26+/m1/s1. The lowest BCUT2D eigenvalue weighted by atomic mass is 9.89. The van der Waals surface area contributed by atoms with Gasteiger partial charge in [0.2, 0.25) is 0 Å². The van der Waals surface area contributed by atoms with Gasteiger partial charge in [0.25, 0.3) is 5.91 Å². The number of halogens is 1. The summed E-state index contributed by atoms with van der Waals surface area (Å²) < 4.78 is 14.5. The Labute approximate surface area is 199 Å². The van der Waals surface area contributed by atoms with E-state index >= 15 is 0 Å². The van der Waals surface area contributed by atoms with Crippen molar-refractivity contribution in [3.05, 3.63) is 82.9 Å². The van der Waals surface area contributed by atoms with E-state index in [4.69, 9.17) is 21.1 Å². The molecule has 2 aromatic carbocycles. The van der Waals surface area contributed by atoms with Crippen molar-refractivity contribution in [2.24, 2.45) is 0 Å². The first-order valence-corrected chi connectivity index (χ1v) is 11.8. The average Bonchev–Trinajstić information content (AvgIpc) is 3.40. The molecule has 3 heterocycles. The van der Waals surface area contributed by atoms with E-state index in [1.54, 1.807) is 6.20 Å². The molecule has 2 atom stereocenters. The van der Waals surface area contributed by atoms with E-state index in [9.17, 15) is 4.79 Å². The Kier molecular flexibility index (Phi) is 6.13. The van der Waals surface area contributed by atoms with Gasteiger partial charge in [-0.15, -0.1) is 0 Å². The second-order valence-electron chi connectivity index (χ2n) is 9.00. The molecule has 172 valence electrons. The number of aryl methyl sites for hydroxylation is 1. The van der Waals surface area contributed by atoms with Crippen LogP contribution in [-0.4, -0.2) is 51.8 Å². The molecule has 2 fully saturated rings. The zero-order chi connectivity index (χ0) is 22.8. The Morgan fingerprint density at radius 1 is 1.27 bits per heavy atom. The first kappa shape index (κ1) is 22.0. The Bertz CT molecular complexity index is 1150. The maximum atomic E-state index is 13.4. The second kappa shape index (κ2) is 9.20. The van der Waals surface area contributed by atoms with E-state index in [1.807, 2.05) is 66.6 Å². The molecule has 0 saturated carbocycles. The van der Waals surface area contributed by atoms with Crippen LogP contribution in [0.5, 0.6) is 5.75 Å². The second-order valence-corrected chi connectivity index (χ2v) is 9.41. The third-order valence-electron chi connectivity index (χ3n) is 6.58. The molecule has 1 aromatic heterocycles. The largest absolute Gasteiger partial charge is 0.486 e. The molecule has 2 aliphatic heterocycles. The summed E-state index contributed by atoms with van der Waals surface area (Å²) in [6.07, 6.45) is 6.28. The van der Waals surface area contributed by atoms with Crippen LogP contribution in [0.3, 0.4) is 0 Å². The fourth-order valence-electron chi connectivity index (χ4n) is 4.91. The molecule has 5 rings (SSSR count). The molecule has 0 unspecified atom stereocenters. The number of hydrogen-bond acceptors (Lipinski definition) is 4. The van der Waals surface area contributed by atoms with Gasteiger partial charge in [-0.05, 0) is 49.6 Å². The summed E-state index contributed by atoms with van der Waals surface area (Å²) >= 11 is 6.25. The Morgan fingerprint density at radius 3 is 2.97 bits per heavy atom. The normalized spacial score (nSPS) is 22.6. The molecule has 2 saturated heterocycles. The molecular weight excluding hydrogens is 438 g/mol. The van der Waals surface area contributed by atoms with Crippen LogP contribution < -0.4 is 4.74 Å². The third kappa shape index (κ3) is 4.77. The summed E-state index contributed by atoms with van der Waals surface area (Å²) in [6.45, 7) is 4.50. The maximum absolute atomic E-state index is 13.4. The zero-order valence-corrected chi connectivity index (χ0v) is 19.5. The van der Waals surface area contributed by atoms with Crippen molar-refractivity contribution >= 4 is 17.5 Å². The monoisotopic (exact) mass is 465 g/mol. The average molecular weight is 466 g/mol. The van der Waals surface area contributed by atoms with Crippen molar-refractivity contribution in [2.45, 2.75) is 44.4 Å². The van der Waals surface area contributed by atoms with Gasteiger partial charge in [0.05, 0.1) is 23.8 Å². The number of likely N-dealkylation sites (tertiary alicyclic amines) is 1. The van der Waals surface area contributed by atoms with E-state index in [0.29, 0.717) is 36.0 Å². The zero-order valence-electron chi connectivity index (χ0n) is 18.7. The van der Waals surface area contributed by atoms with Crippen molar-refractivity contribution in [1.82, 2.24) is 14.5 Å². The highest BCUT2D eigenvalue weighted by Crippen LogP contribution is 2.37. The van der Waals surface area contributed by atoms with Crippen LogP contribution in [0.25, 0.3) is 0 Å². The van der Waals surface area contributed by atoms with Gasteiger partial charge in [-0.2, -0.15) is 0 Å². The number of aromatic nitrogens is 2. The molecule has 1 spiro atoms. The molecule has 0 radical (unpaired) electrons. The number of benzene rings is 2. The summed E-state index contributed by atoms with van der Waals surface area (Å²) in [5.41, 5.74) is 1.44. The fourth-order valence-corrected chi connectivity index (χ4v) is 5.09. The minimum atomic E-state index is -0.356. The van der Waals surface area contributed by atoms with Crippen molar-refractivity contribution in [2.75, 3.05) is 19.7 Å². The van der Waals surface area contributed by atoms with E-state index in [2.05, 4.69) is 9.55 Å². The number of para-hydroxylation sites is 1. The van der Waals surface area contributed by atoms with Crippen LogP contribution >= 0.6 is 11.6 Å². The highest BCUT2D eigenvalue weighted by molar-refractivity contribution is 6.32. The molecule has 0 N–H and O–H groups in total. The number of ether oxygens (including phenoxy) is 2. The molecule has 0 bridgehead atoms. The lowest BCUT2D eigenvalue weighted by molar-refractivity contribution is -0.0453. The smallest absolute Gasteiger partial charge is 0.253 e. The minimum Gasteiger partial charge on any atom is -0.486 e. The number of hydrogen-bond donors (Lipinski definition) is 0. The Hall–Kier alpha value is -2.83. The van der Waals surface area contributed by atoms with Gasteiger partial charge in [-0.1, -0.05) is 35.9 Å². The number of carbonyl (C=O) groups is 1. The van der Waals surface area contributed by atoms with Crippen LogP contribution in [-0.2, 0) is 11.3 Å². The number of imidazole rings is 1. The minimum absolute atomic E-state index is 0.0531. The molecular formula is C26H28ClN3O3. The Balaban J connectivity index is 1.25. The third-order valence-corrected chi connectivity index (χ3v) is 6.89. The fraction of sp³-hybridized carbons (Fsp3) is 0.385. The number of amides is 1. The molecule has 0 aliphatic carbocycles. The Morgan fingerprint density at radius 2 is 2.15 bits per heavy atom. The SMILES string of the molecule is Cc1nccn1Cc1cccc(C(=O)N2CCC[C@]3(C[C@@H](Oc4ccccc4Cl)CO3)C2)c1. The number of nitrogens with zero attached hydrogens (tertiary/aromatic N) is 3. The van der Waals surface area contributed by atoms with Gasteiger partial charge >= 0.3 is 0 Å². The van der Waals surface area contributed by atoms with Gasteiger partial charge in [0.1, 0.15) is 17.7 Å². The lowest BCUT2D eigenvalue weighted by Crippen LogP contribution is -2.50. The van der Waals surface area contributed by atoms with Crippen LogP contribution in [0, 0.1) is 6.92 Å². The molecule has 1 amide bonds. The van der Waals surface area contributed by atoms with Crippen LogP contribution in [0.2, 0.25) is 5.02 Å². The number of carbonyl (C=O) groups excluding carboxylic acids is 1. The van der Waals surface area contributed by atoms with E-state index in [-0.39, 0.29) is 17.6 Å². The van der Waals surface area contributed by atoms with Crippen LogP contribution in [0.4, 0.5) is 0 Å². The van der Waals surface area contributed by atoms with Crippen LogP contribution in [0.15, 0.2) is 60.9 Å². The van der Waals surface area contributed by atoms with Crippen LogP contribution in [0.1, 0.15) is 41.0 Å². The van der Waals surface area contributed by atoms with E-state index in [0.717, 1.165) is 37.2 Å². The van der Waals surface area contributed by atoms with Gasteiger partial charge in [0, 0.05) is 37.5 Å². The summed E-state index contributed by atoms with van der Waals surface area (Å²) in [6, 6.07) is 15.4. The molecule has 7 heteroatoms. The van der Waals surface area contributed by atoms with Gasteiger partial charge in [-0.25, -0.2) is 4.98 Å². The van der Waals surface area contributed by atoms with E-state index < -0.39 is 0 Å². The van der Waals surface area contributed by atoms with Crippen molar-refractivity contribution in [3.63, 3.8) is 0 Å². The first-order chi connectivity index (χ1) is 16.0. The lowest BCUT2D eigenvalue weighted by Gasteiger charge is -2.39. The van der Waals surface area contributed by atoms with Gasteiger partial charge in [0.15, 0.2) is 0 Å². The topological polar surface area (TPSA) is 56.6 Å². The molecule has 6 nitrogen and oxygen atoms in total. The van der Waals surface area contributed by atoms with E-state index in [1.165, 1.54) is 0 Å². The van der Waals surface area contributed by atoms with Crippen molar-refractivity contribution in [1.29, 1.82) is 0 Å². The number of piperidine rings is 1. The molecule has 3 aromatic rings. The maximum Gasteiger partial charge on any atom is 0.253 e. The summed E-state index contributed by atoms with van der Waals surface area (Å²) in [5, 5.41) is 0.602. The van der Waals surface area contributed by atoms with Crippen molar-refractivity contribution < 1.29 is 14.3 Å². The predicted molar refractivity (Wildman–Crippen MR) is 127 cm³/mol. The molecule has 2 aliphatic rings. The predicted octanol–water partition coefficient (Wildman–Crippen LogP) is 4.74. The van der Waals surface area contributed by atoms with Gasteiger partial charge < -0.3 is 18.9 Å². The number of rotatable bonds is 5. The molecule has 33 heavy (non-hydrogen) atoms. The quantitative estimate of drug-likeness (QED) is 0.546.